The molecule has 0 radical (unpaired) electrons. The number of benzene rings is 5. The standard InChI is InChI=1S/C24H12O8/c25-21(26)13-6-4-10-9-2-1-3-12-17(9)15(8-16(23(29)30)20(12)24(31)32)11-5-7-14(22(27)28)19(13)18(10)11/h1-8H,(H,25,26)(H,27,28)(H,29,30)(H,31,32). The summed E-state index contributed by atoms with van der Waals surface area (Å²) in [6.45, 7) is 0. The van der Waals surface area contributed by atoms with Crippen molar-refractivity contribution in [2.45, 2.75) is 0 Å². The maximum Gasteiger partial charge on any atom is 0.337 e. The molecule has 4 N–H and O–H groups in total. The predicted octanol–water partition coefficient (Wildman–Crippen LogP) is 4.53. The number of aromatic carboxylic acids is 4. The van der Waals surface area contributed by atoms with Crippen LogP contribution in [-0.2, 0) is 0 Å². The molecule has 5 rings (SSSR count). The minimum Gasteiger partial charge on any atom is -0.478 e. The zero-order valence-electron chi connectivity index (χ0n) is 16.0. The summed E-state index contributed by atoms with van der Waals surface area (Å²) in [7, 11) is 0. The summed E-state index contributed by atoms with van der Waals surface area (Å²) < 4.78 is 0. The maximum atomic E-state index is 12.0. The third-order valence-electron chi connectivity index (χ3n) is 5.81. The lowest BCUT2D eigenvalue weighted by molar-refractivity contribution is 0.0653. The van der Waals surface area contributed by atoms with Crippen LogP contribution >= 0.6 is 0 Å². The van der Waals surface area contributed by atoms with Gasteiger partial charge < -0.3 is 20.4 Å². The molecular formula is C24H12O8. The zero-order chi connectivity index (χ0) is 22.9. The van der Waals surface area contributed by atoms with Crippen molar-refractivity contribution in [2.24, 2.45) is 0 Å². The van der Waals surface area contributed by atoms with E-state index >= 15 is 0 Å². The van der Waals surface area contributed by atoms with Gasteiger partial charge in [-0.25, -0.2) is 19.2 Å². The van der Waals surface area contributed by atoms with Crippen LogP contribution < -0.4 is 0 Å². The highest BCUT2D eigenvalue weighted by atomic mass is 16.4. The van der Waals surface area contributed by atoms with Crippen molar-refractivity contribution < 1.29 is 39.6 Å². The van der Waals surface area contributed by atoms with Crippen LogP contribution in [-0.4, -0.2) is 44.3 Å². The molecule has 0 spiro atoms. The van der Waals surface area contributed by atoms with Crippen molar-refractivity contribution in [3.05, 3.63) is 70.8 Å². The molecule has 0 aliphatic carbocycles. The lowest BCUT2D eigenvalue weighted by Crippen LogP contribution is -2.10. The van der Waals surface area contributed by atoms with Crippen LogP contribution in [0.5, 0.6) is 0 Å². The Bertz CT molecular complexity index is 1660. The van der Waals surface area contributed by atoms with Gasteiger partial charge in [0.05, 0.1) is 22.3 Å². The average molecular weight is 428 g/mol. The molecule has 156 valence electrons. The molecule has 0 saturated carbocycles. The van der Waals surface area contributed by atoms with Gasteiger partial charge in [0.2, 0.25) is 0 Å². The molecule has 5 aromatic rings. The van der Waals surface area contributed by atoms with Crippen molar-refractivity contribution in [1.29, 1.82) is 0 Å². The molecular weight excluding hydrogens is 416 g/mol. The summed E-state index contributed by atoms with van der Waals surface area (Å²) in [5, 5.41) is 41.9. The Morgan fingerprint density at radius 3 is 1.50 bits per heavy atom. The van der Waals surface area contributed by atoms with E-state index in [9.17, 15) is 39.6 Å². The molecule has 0 aliphatic heterocycles. The molecule has 0 amide bonds. The van der Waals surface area contributed by atoms with Crippen LogP contribution in [0.25, 0.3) is 43.1 Å². The lowest BCUT2D eigenvalue weighted by atomic mass is 9.84. The van der Waals surface area contributed by atoms with E-state index in [0.29, 0.717) is 32.3 Å². The number of fused-ring (bicyclic) bond motifs is 2. The Labute approximate surface area is 177 Å². The Balaban J connectivity index is 2.18. The first-order valence-electron chi connectivity index (χ1n) is 9.35. The molecule has 5 aromatic carbocycles. The van der Waals surface area contributed by atoms with Gasteiger partial charge in [0, 0.05) is 5.39 Å². The van der Waals surface area contributed by atoms with Gasteiger partial charge >= 0.3 is 23.9 Å². The minimum atomic E-state index is -1.42. The first kappa shape index (κ1) is 19.3. The number of carbonyl (C=O) groups is 4. The second kappa shape index (κ2) is 6.39. The third-order valence-corrected chi connectivity index (χ3v) is 5.81. The molecule has 0 saturated heterocycles. The third kappa shape index (κ3) is 2.37. The van der Waals surface area contributed by atoms with Crippen LogP contribution in [0.3, 0.4) is 0 Å². The Morgan fingerprint density at radius 2 is 0.969 bits per heavy atom. The highest BCUT2D eigenvalue weighted by Crippen LogP contribution is 2.43. The molecule has 0 aromatic heterocycles. The van der Waals surface area contributed by atoms with Gasteiger partial charge in [-0.1, -0.05) is 30.3 Å². The normalized spacial score (nSPS) is 11.5. The van der Waals surface area contributed by atoms with E-state index in [4.69, 9.17) is 0 Å². The average Bonchev–Trinajstić information content (AvgIpc) is 2.75. The molecule has 0 heterocycles. The number of hydrogen-bond acceptors (Lipinski definition) is 4. The highest BCUT2D eigenvalue weighted by Gasteiger charge is 2.26. The summed E-state index contributed by atoms with van der Waals surface area (Å²) in [6, 6.07) is 11.7. The number of hydrogen-bond donors (Lipinski definition) is 4. The van der Waals surface area contributed by atoms with Crippen LogP contribution in [0.2, 0.25) is 0 Å². The fourth-order valence-corrected chi connectivity index (χ4v) is 4.62. The van der Waals surface area contributed by atoms with E-state index < -0.39 is 29.4 Å². The fourth-order valence-electron chi connectivity index (χ4n) is 4.62. The Kier molecular flexibility index (Phi) is 3.84. The van der Waals surface area contributed by atoms with Gasteiger partial charge in [0.1, 0.15) is 0 Å². The number of carboxylic acids is 4. The largest absolute Gasteiger partial charge is 0.478 e. The van der Waals surface area contributed by atoms with E-state index in [1.54, 1.807) is 18.2 Å². The van der Waals surface area contributed by atoms with Gasteiger partial charge in [-0.2, -0.15) is 0 Å². The van der Waals surface area contributed by atoms with E-state index in [1.807, 2.05) is 0 Å². The molecule has 8 heteroatoms. The highest BCUT2D eigenvalue weighted by molar-refractivity contribution is 6.37. The summed E-state index contributed by atoms with van der Waals surface area (Å²) >= 11 is 0. The topological polar surface area (TPSA) is 149 Å². The first-order valence-corrected chi connectivity index (χ1v) is 9.35. The van der Waals surface area contributed by atoms with E-state index in [-0.39, 0.29) is 27.5 Å². The molecule has 0 atom stereocenters. The Hall–Kier alpha value is -4.72. The molecule has 8 nitrogen and oxygen atoms in total. The minimum absolute atomic E-state index is 0.0295. The quantitative estimate of drug-likeness (QED) is 0.241. The summed E-state index contributed by atoms with van der Waals surface area (Å²) in [4.78, 5) is 47.6. The first-order chi connectivity index (χ1) is 15.2. The zero-order valence-corrected chi connectivity index (χ0v) is 16.0. The molecule has 0 unspecified atom stereocenters. The van der Waals surface area contributed by atoms with E-state index in [1.165, 1.54) is 30.3 Å². The van der Waals surface area contributed by atoms with Gasteiger partial charge in [-0.15, -0.1) is 0 Å². The summed E-state index contributed by atoms with van der Waals surface area (Å²) in [5.41, 5.74) is -1.15. The van der Waals surface area contributed by atoms with E-state index in [2.05, 4.69) is 0 Å². The van der Waals surface area contributed by atoms with Crippen LogP contribution in [0.15, 0.2) is 48.5 Å². The van der Waals surface area contributed by atoms with Gasteiger partial charge in [0.15, 0.2) is 0 Å². The van der Waals surface area contributed by atoms with Crippen molar-refractivity contribution in [3.63, 3.8) is 0 Å². The van der Waals surface area contributed by atoms with Crippen molar-refractivity contribution >= 4 is 67.0 Å². The van der Waals surface area contributed by atoms with Crippen LogP contribution in [0.4, 0.5) is 0 Å². The van der Waals surface area contributed by atoms with Crippen molar-refractivity contribution in [1.82, 2.24) is 0 Å². The molecule has 0 fully saturated rings. The smallest absolute Gasteiger partial charge is 0.337 e. The molecule has 0 aliphatic rings. The van der Waals surface area contributed by atoms with Crippen molar-refractivity contribution in [3.8, 4) is 0 Å². The molecule has 0 bridgehead atoms. The van der Waals surface area contributed by atoms with Crippen LogP contribution in [0, 0.1) is 0 Å². The lowest BCUT2D eigenvalue weighted by Gasteiger charge is -2.18. The molecule has 32 heavy (non-hydrogen) atoms. The number of carboxylic acid groups (broad SMARTS) is 4. The van der Waals surface area contributed by atoms with E-state index in [0.717, 1.165) is 0 Å². The second-order valence-corrected chi connectivity index (χ2v) is 7.37. The Morgan fingerprint density at radius 1 is 0.469 bits per heavy atom. The predicted molar refractivity (Wildman–Crippen MR) is 115 cm³/mol. The maximum absolute atomic E-state index is 12.0. The summed E-state index contributed by atoms with van der Waals surface area (Å²) in [5.74, 6) is -5.40. The van der Waals surface area contributed by atoms with Gasteiger partial charge in [-0.3, -0.25) is 0 Å². The fraction of sp³-hybridized carbons (Fsp3) is 0. The number of rotatable bonds is 4. The SMILES string of the molecule is O=C(O)c1cc2c3ccc(C(=O)O)c4c(C(=O)O)ccc(c5cccc(c1C(=O)O)c52)c43. The van der Waals surface area contributed by atoms with Crippen molar-refractivity contribution in [2.75, 3.05) is 0 Å². The van der Waals surface area contributed by atoms with Gasteiger partial charge in [-0.05, 0) is 55.9 Å². The monoisotopic (exact) mass is 428 g/mol. The summed E-state index contributed by atoms with van der Waals surface area (Å²) in [6.07, 6.45) is 0. The van der Waals surface area contributed by atoms with Crippen LogP contribution in [0.1, 0.15) is 41.4 Å². The van der Waals surface area contributed by atoms with Gasteiger partial charge in [0.25, 0.3) is 0 Å². The second-order valence-electron chi connectivity index (χ2n) is 7.37.